The average Bonchev–Trinajstić information content (AvgIpc) is 3.14. The van der Waals surface area contributed by atoms with Gasteiger partial charge in [0.15, 0.2) is 0 Å². The third-order valence-corrected chi connectivity index (χ3v) is 3.38. The van der Waals surface area contributed by atoms with Crippen molar-refractivity contribution >= 4 is 5.91 Å². The van der Waals surface area contributed by atoms with Crippen LogP contribution in [-0.2, 0) is 6.54 Å². The molecule has 0 aliphatic carbocycles. The van der Waals surface area contributed by atoms with E-state index in [0.717, 1.165) is 11.3 Å². The molecule has 7 nitrogen and oxygen atoms in total. The van der Waals surface area contributed by atoms with Gasteiger partial charge in [0.25, 0.3) is 5.91 Å². The standard InChI is InChI=1S/C16H15N5O2/c1-23-15-9-5-2-6-12(15)10-17-16(22)13-7-3-4-8-14(13)21-11-18-19-20-21/h2-9,11H,10H2,1H3,(H,17,22). The quantitative estimate of drug-likeness (QED) is 0.774. The van der Waals surface area contributed by atoms with Gasteiger partial charge in [0.1, 0.15) is 12.1 Å². The molecule has 1 amide bonds. The molecule has 0 bridgehead atoms. The maximum Gasteiger partial charge on any atom is 0.253 e. The fourth-order valence-electron chi connectivity index (χ4n) is 2.26. The van der Waals surface area contributed by atoms with E-state index >= 15 is 0 Å². The second kappa shape index (κ2) is 6.69. The summed E-state index contributed by atoms with van der Waals surface area (Å²) >= 11 is 0. The maximum absolute atomic E-state index is 12.5. The molecule has 2 aromatic carbocycles. The smallest absolute Gasteiger partial charge is 0.253 e. The highest BCUT2D eigenvalue weighted by molar-refractivity contribution is 5.97. The van der Waals surface area contributed by atoms with Crippen LogP contribution < -0.4 is 10.1 Å². The molecular formula is C16H15N5O2. The molecule has 1 N–H and O–H groups in total. The summed E-state index contributed by atoms with van der Waals surface area (Å²) in [5.74, 6) is 0.531. The van der Waals surface area contributed by atoms with Crippen LogP contribution in [-0.4, -0.2) is 33.2 Å². The van der Waals surface area contributed by atoms with E-state index in [0.29, 0.717) is 17.8 Å². The number of ether oxygens (including phenoxy) is 1. The first-order valence-electron chi connectivity index (χ1n) is 7.02. The number of nitrogens with zero attached hydrogens (tertiary/aromatic N) is 4. The van der Waals surface area contributed by atoms with E-state index in [1.165, 1.54) is 11.0 Å². The number of aromatic nitrogens is 4. The van der Waals surface area contributed by atoms with Crippen LogP contribution >= 0.6 is 0 Å². The lowest BCUT2D eigenvalue weighted by molar-refractivity contribution is 0.0950. The van der Waals surface area contributed by atoms with Gasteiger partial charge in [-0.3, -0.25) is 4.79 Å². The molecule has 0 radical (unpaired) electrons. The van der Waals surface area contributed by atoms with Crippen molar-refractivity contribution in [3.63, 3.8) is 0 Å². The molecule has 0 saturated heterocycles. The van der Waals surface area contributed by atoms with Gasteiger partial charge in [-0.2, -0.15) is 4.68 Å². The zero-order valence-electron chi connectivity index (χ0n) is 12.5. The van der Waals surface area contributed by atoms with E-state index in [1.54, 1.807) is 25.3 Å². The van der Waals surface area contributed by atoms with Gasteiger partial charge >= 0.3 is 0 Å². The third-order valence-electron chi connectivity index (χ3n) is 3.38. The monoisotopic (exact) mass is 309 g/mol. The van der Waals surface area contributed by atoms with Crippen molar-refractivity contribution < 1.29 is 9.53 Å². The first-order valence-corrected chi connectivity index (χ1v) is 7.02. The summed E-state index contributed by atoms with van der Waals surface area (Å²) in [6, 6.07) is 14.7. The fourth-order valence-corrected chi connectivity index (χ4v) is 2.26. The molecule has 3 rings (SSSR count). The Labute approximate surface area is 132 Å². The van der Waals surface area contributed by atoms with Gasteiger partial charge in [-0.15, -0.1) is 5.10 Å². The minimum atomic E-state index is -0.206. The molecule has 1 heterocycles. The predicted octanol–water partition coefficient (Wildman–Crippen LogP) is 1.60. The number of tetrazole rings is 1. The summed E-state index contributed by atoms with van der Waals surface area (Å²) in [4.78, 5) is 12.5. The van der Waals surface area contributed by atoms with Gasteiger partial charge in [0, 0.05) is 12.1 Å². The number of carbonyl (C=O) groups excluding carboxylic acids is 1. The Morgan fingerprint density at radius 2 is 1.96 bits per heavy atom. The number of para-hydroxylation sites is 2. The summed E-state index contributed by atoms with van der Waals surface area (Å²) in [5.41, 5.74) is 2.02. The molecule has 0 unspecified atom stereocenters. The molecule has 0 spiro atoms. The molecule has 0 saturated carbocycles. The molecule has 1 aromatic heterocycles. The summed E-state index contributed by atoms with van der Waals surface area (Å²) in [6.07, 6.45) is 1.45. The Balaban J connectivity index is 1.79. The Morgan fingerprint density at radius 3 is 2.74 bits per heavy atom. The van der Waals surface area contributed by atoms with Crippen molar-refractivity contribution in [2.24, 2.45) is 0 Å². The second-order valence-electron chi connectivity index (χ2n) is 4.77. The van der Waals surface area contributed by atoms with E-state index in [2.05, 4.69) is 20.8 Å². The number of benzene rings is 2. The Morgan fingerprint density at radius 1 is 1.17 bits per heavy atom. The number of rotatable bonds is 5. The van der Waals surface area contributed by atoms with E-state index in [4.69, 9.17) is 4.74 Å². The van der Waals surface area contributed by atoms with Crippen LogP contribution in [0.4, 0.5) is 0 Å². The van der Waals surface area contributed by atoms with E-state index in [1.807, 2.05) is 30.3 Å². The highest BCUT2D eigenvalue weighted by atomic mass is 16.5. The van der Waals surface area contributed by atoms with Crippen molar-refractivity contribution in [1.29, 1.82) is 0 Å². The number of carbonyl (C=O) groups is 1. The zero-order valence-corrected chi connectivity index (χ0v) is 12.5. The molecule has 0 aliphatic rings. The normalized spacial score (nSPS) is 10.3. The lowest BCUT2D eigenvalue weighted by Gasteiger charge is -2.11. The topological polar surface area (TPSA) is 81.9 Å². The number of hydrogen-bond acceptors (Lipinski definition) is 5. The van der Waals surface area contributed by atoms with Crippen LogP contribution in [0.25, 0.3) is 5.69 Å². The van der Waals surface area contributed by atoms with Crippen LogP contribution in [0.3, 0.4) is 0 Å². The van der Waals surface area contributed by atoms with Crippen molar-refractivity contribution in [1.82, 2.24) is 25.5 Å². The zero-order chi connectivity index (χ0) is 16.1. The van der Waals surface area contributed by atoms with Gasteiger partial charge < -0.3 is 10.1 Å². The van der Waals surface area contributed by atoms with E-state index < -0.39 is 0 Å². The van der Waals surface area contributed by atoms with Gasteiger partial charge in [0.05, 0.1) is 18.4 Å². The Bertz CT molecular complexity index is 802. The predicted molar refractivity (Wildman–Crippen MR) is 83.3 cm³/mol. The van der Waals surface area contributed by atoms with Gasteiger partial charge in [0.2, 0.25) is 0 Å². The lowest BCUT2D eigenvalue weighted by atomic mass is 10.1. The summed E-state index contributed by atoms with van der Waals surface area (Å²) in [5, 5.41) is 13.9. The minimum Gasteiger partial charge on any atom is -0.496 e. The molecule has 7 heteroatoms. The van der Waals surface area contributed by atoms with Gasteiger partial charge in [-0.1, -0.05) is 30.3 Å². The lowest BCUT2D eigenvalue weighted by Crippen LogP contribution is -2.24. The Kier molecular flexibility index (Phi) is 4.28. The SMILES string of the molecule is COc1ccccc1CNC(=O)c1ccccc1-n1cnnn1. The van der Waals surface area contributed by atoms with E-state index in [9.17, 15) is 4.79 Å². The Hall–Kier alpha value is -3.22. The number of nitrogens with one attached hydrogen (secondary N) is 1. The maximum atomic E-state index is 12.5. The number of amides is 1. The average molecular weight is 309 g/mol. The fraction of sp³-hybridized carbons (Fsp3) is 0.125. The van der Waals surface area contributed by atoms with Gasteiger partial charge in [-0.05, 0) is 28.6 Å². The number of methoxy groups -OCH3 is 1. The van der Waals surface area contributed by atoms with Crippen molar-refractivity contribution in [2.45, 2.75) is 6.54 Å². The van der Waals surface area contributed by atoms with Crippen molar-refractivity contribution in [3.05, 3.63) is 66.0 Å². The van der Waals surface area contributed by atoms with E-state index in [-0.39, 0.29) is 5.91 Å². The first kappa shape index (κ1) is 14.7. The molecule has 23 heavy (non-hydrogen) atoms. The molecule has 0 fully saturated rings. The highest BCUT2D eigenvalue weighted by Crippen LogP contribution is 2.17. The minimum absolute atomic E-state index is 0.206. The van der Waals surface area contributed by atoms with Crippen molar-refractivity contribution in [2.75, 3.05) is 7.11 Å². The van der Waals surface area contributed by atoms with Gasteiger partial charge in [-0.25, -0.2) is 0 Å². The third kappa shape index (κ3) is 3.18. The van der Waals surface area contributed by atoms with Crippen LogP contribution in [0.15, 0.2) is 54.9 Å². The number of hydrogen-bond donors (Lipinski definition) is 1. The summed E-state index contributed by atoms with van der Waals surface area (Å²) in [6.45, 7) is 0.368. The van der Waals surface area contributed by atoms with Crippen molar-refractivity contribution in [3.8, 4) is 11.4 Å². The van der Waals surface area contributed by atoms with Crippen LogP contribution in [0.1, 0.15) is 15.9 Å². The molecule has 0 atom stereocenters. The highest BCUT2D eigenvalue weighted by Gasteiger charge is 2.13. The molecule has 116 valence electrons. The molecular weight excluding hydrogens is 294 g/mol. The van der Waals surface area contributed by atoms with Crippen LogP contribution in [0.2, 0.25) is 0 Å². The molecule has 3 aromatic rings. The summed E-state index contributed by atoms with van der Waals surface area (Å²) in [7, 11) is 1.60. The first-order chi connectivity index (χ1) is 11.3. The summed E-state index contributed by atoms with van der Waals surface area (Å²) < 4.78 is 6.74. The largest absolute Gasteiger partial charge is 0.496 e. The second-order valence-corrected chi connectivity index (χ2v) is 4.77. The van der Waals surface area contributed by atoms with Crippen LogP contribution in [0, 0.1) is 0 Å². The van der Waals surface area contributed by atoms with Crippen LogP contribution in [0.5, 0.6) is 5.75 Å². The molecule has 0 aliphatic heterocycles.